The number of ether oxygens (including phenoxy) is 2. The Morgan fingerprint density at radius 3 is 1.96 bits per heavy atom. The van der Waals surface area contributed by atoms with Crippen LogP contribution in [0.1, 0.15) is 42.7 Å². The molecule has 3 aromatic rings. The Hall–Kier alpha value is -4.73. The standard InChI is InChI=1S/C40H34Cl2F5N3O7/c1-56-24-14-19(15-25(57-2)34(24)51)27-21-8-9-22-26(36(53)49(35(22)52)20-10-12-48(13-11-20)17-18-6-4-3-5-7-18)23(21)16-39(41)37(54)50(38(55)40(27,39)42)33-31(46)29(44)28(43)30(45)32(33)47/h3-8,14-15,20,22-23,26-27,51H,9-13,16-17H2,1-2H3. The summed E-state index contributed by atoms with van der Waals surface area (Å²) in [6.45, 7) is 1.90. The summed E-state index contributed by atoms with van der Waals surface area (Å²) in [5.74, 6) is -22.0. The summed E-state index contributed by atoms with van der Waals surface area (Å²) in [5.41, 5.74) is -0.468. The lowest BCUT2D eigenvalue weighted by atomic mass is 9.56. The van der Waals surface area contributed by atoms with E-state index in [1.165, 1.54) is 31.3 Å². The van der Waals surface area contributed by atoms with Crippen LogP contribution in [0.3, 0.4) is 0 Å². The van der Waals surface area contributed by atoms with Crippen molar-refractivity contribution in [2.24, 2.45) is 17.8 Å². The van der Waals surface area contributed by atoms with Gasteiger partial charge in [0.1, 0.15) is 5.69 Å². The van der Waals surface area contributed by atoms with Crippen LogP contribution in [-0.2, 0) is 25.7 Å². The van der Waals surface area contributed by atoms with Crippen molar-refractivity contribution in [2.45, 2.75) is 53.9 Å². The molecule has 6 unspecified atom stereocenters. The number of carbonyl (C=O) groups is 4. The number of hydrogen-bond acceptors (Lipinski definition) is 8. The summed E-state index contributed by atoms with van der Waals surface area (Å²) in [4.78, 5) is 55.7. The average Bonchev–Trinajstić information content (AvgIpc) is 3.55. The van der Waals surface area contributed by atoms with Crippen molar-refractivity contribution >= 4 is 52.5 Å². The van der Waals surface area contributed by atoms with E-state index in [-0.39, 0.29) is 34.0 Å². The maximum absolute atomic E-state index is 15.4. The number of likely N-dealkylation sites (tertiary alicyclic amines) is 2. The zero-order valence-electron chi connectivity index (χ0n) is 30.3. The van der Waals surface area contributed by atoms with E-state index in [2.05, 4.69) is 4.90 Å². The zero-order chi connectivity index (χ0) is 40.9. The summed E-state index contributed by atoms with van der Waals surface area (Å²) in [7, 11) is 2.43. The lowest BCUT2D eigenvalue weighted by Crippen LogP contribution is -2.60. The van der Waals surface area contributed by atoms with Crippen LogP contribution in [0.5, 0.6) is 17.2 Å². The molecule has 4 amide bonds. The molecular formula is C40H34Cl2F5N3O7. The van der Waals surface area contributed by atoms with Crippen LogP contribution >= 0.6 is 23.2 Å². The first-order chi connectivity index (χ1) is 27.1. The van der Waals surface area contributed by atoms with Gasteiger partial charge in [0, 0.05) is 31.6 Å². The molecule has 0 radical (unpaired) electrons. The number of fused-ring (bicyclic) bond motifs is 4. The predicted molar refractivity (Wildman–Crippen MR) is 194 cm³/mol. The normalized spacial score (nSPS) is 29.0. The van der Waals surface area contributed by atoms with Gasteiger partial charge in [0.2, 0.25) is 23.4 Å². The molecule has 3 aromatic carbocycles. The third-order valence-electron chi connectivity index (χ3n) is 12.3. The molecule has 3 heterocycles. The number of benzene rings is 3. The number of phenols is 1. The van der Waals surface area contributed by atoms with Crippen molar-refractivity contribution in [3.05, 3.63) is 94.3 Å². The number of halogens is 7. The first-order valence-electron chi connectivity index (χ1n) is 18.2. The molecule has 0 aromatic heterocycles. The highest BCUT2D eigenvalue weighted by molar-refractivity contribution is 6.58. The molecule has 1 saturated carbocycles. The van der Waals surface area contributed by atoms with Gasteiger partial charge in [-0.2, -0.15) is 0 Å². The highest BCUT2D eigenvalue weighted by atomic mass is 35.5. The minimum absolute atomic E-state index is 0.000967. The van der Waals surface area contributed by atoms with E-state index in [4.69, 9.17) is 32.7 Å². The molecular weight excluding hydrogens is 800 g/mol. The van der Waals surface area contributed by atoms with Crippen molar-refractivity contribution in [1.29, 1.82) is 0 Å². The molecule has 10 nitrogen and oxygen atoms in total. The number of methoxy groups -OCH3 is 2. The summed E-state index contributed by atoms with van der Waals surface area (Å²) < 4.78 is 84.8. The number of carbonyl (C=O) groups excluding carboxylic acids is 4. The van der Waals surface area contributed by atoms with Gasteiger partial charge in [-0.1, -0.05) is 42.0 Å². The fourth-order valence-electron chi connectivity index (χ4n) is 9.58. The van der Waals surface area contributed by atoms with Crippen molar-refractivity contribution in [1.82, 2.24) is 9.80 Å². The molecule has 300 valence electrons. The molecule has 2 aliphatic carbocycles. The maximum atomic E-state index is 15.4. The number of imide groups is 2. The van der Waals surface area contributed by atoms with Crippen LogP contribution in [0.2, 0.25) is 0 Å². The Bertz CT molecular complexity index is 2220. The molecule has 17 heteroatoms. The van der Waals surface area contributed by atoms with Gasteiger partial charge in [-0.25, -0.2) is 26.9 Å². The number of nitrogens with zero attached hydrogens (tertiary/aromatic N) is 3. The molecule has 6 atom stereocenters. The number of amides is 4. The molecule has 0 bridgehead atoms. The second-order valence-electron chi connectivity index (χ2n) is 15.0. The SMILES string of the molecule is COc1cc(C2C3=CCC4C(=O)N(C5CCN(Cc6ccccc6)CC5)C(=O)C4C3CC3(Cl)C(=O)N(c4c(F)c(F)c(F)c(F)c4F)C(=O)C23Cl)cc(OC)c1O. The third-order valence-corrected chi connectivity index (χ3v) is 13.7. The van der Waals surface area contributed by atoms with Crippen LogP contribution in [0, 0.1) is 46.8 Å². The van der Waals surface area contributed by atoms with Crippen LogP contribution in [0.4, 0.5) is 27.6 Å². The smallest absolute Gasteiger partial charge is 0.258 e. The van der Waals surface area contributed by atoms with Gasteiger partial charge in [-0.05, 0) is 54.9 Å². The van der Waals surface area contributed by atoms with E-state index in [1.54, 1.807) is 6.08 Å². The van der Waals surface area contributed by atoms with Gasteiger partial charge in [0.25, 0.3) is 11.8 Å². The Kier molecular flexibility index (Phi) is 9.59. The van der Waals surface area contributed by atoms with Crippen molar-refractivity contribution in [3.63, 3.8) is 0 Å². The lowest BCUT2D eigenvalue weighted by molar-refractivity contribution is -0.144. The Balaban J connectivity index is 1.22. The molecule has 5 aliphatic rings. The van der Waals surface area contributed by atoms with E-state index in [0.717, 1.165) is 5.56 Å². The number of hydrogen-bond donors (Lipinski definition) is 1. The van der Waals surface area contributed by atoms with E-state index in [9.17, 15) is 37.5 Å². The average molecular weight is 835 g/mol. The number of alkyl halides is 2. The fraction of sp³-hybridized carbons (Fsp3) is 0.400. The zero-order valence-corrected chi connectivity index (χ0v) is 31.9. The molecule has 57 heavy (non-hydrogen) atoms. The van der Waals surface area contributed by atoms with E-state index in [1.807, 2.05) is 30.3 Å². The minimum atomic E-state index is -2.75. The second-order valence-corrected chi connectivity index (χ2v) is 16.2. The van der Waals surface area contributed by atoms with Crippen LogP contribution in [-0.4, -0.2) is 81.6 Å². The van der Waals surface area contributed by atoms with Crippen LogP contribution in [0.25, 0.3) is 0 Å². The monoisotopic (exact) mass is 833 g/mol. The summed E-state index contributed by atoms with van der Waals surface area (Å²) >= 11 is 14.5. The summed E-state index contributed by atoms with van der Waals surface area (Å²) in [6.07, 6.45) is 1.97. The number of aromatic hydroxyl groups is 1. The van der Waals surface area contributed by atoms with E-state index < -0.39 is 110 Å². The Morgan fingerprint density at radius 2 is 1.39 bits per heavy atom. The lowest BCUT2D eigenvalue weighted by Gasteiger charge is -2.50. The summed E-state index contributed by atoms with van der Waals surface area (Å²) in [6, 6.07) is 11.9. The van der Waals surface area contributed by atoms with Crippen molar-refractivity contribution < 1.29 is 55.7 Å². The van der Waals surface area contributed by atoms with Gasteiger partial charge < -0.3 is 14.6 Å². The Morgan fingerprint density at radius 1 is 0.807 bits per heavy atom. The molecule has 4 fully saturated rings. The molecule has 8 rings (SSSR count). The number of rotatable bonds is 7. The number of allylic oxidation sites excluding steroid dienone is 2. The molecule has 3 aliphatic heterocycles. The Labute approximate surface area is 332 Å². The maximum Gasteiger partial charge on any atom is 0.258 e. The van der Waals surface area contributed by atoms with Crippen molar-refractivity contribution in [3.8, 4) is 17.2 Å². The first-order valence-corrected chi connectivity index (χ1v) is 18.9. The van der Waals surface area contributed by atoms with Gasteiger partial charge in [0.05, 0.1) is 26.1 Å². The molecule has 3 saturated heterocycles. The van der Waals surface area contributed by atoms with E-state index in [0.29, 0.717) is 32.5 Å². The highest BCUT2D eigenvalue weighted by Gasteiger charge is 2.77. The predicted octanol–water partition coefficient (Wildman–Crippen LogP) is 6.33. The quantitative estimate of drug-likeness (QED) is 0.0734. The summed E-state index contributed by atoms with van der Waals surface area (Å²) in [5, 5.41) is 10.8. The molecule has 1 N–H and O–H groups in total. The van der Waals surface area contributed by atoms with Gasteiger partial charge in [-0.15, -0.1) is 23.2 Å². The highest BCUT2D eigenvalue weighted by Crippen LogP contribution is 2.66. The number of phenolic OH excluding ortho intramolecular Hbond substituents is 1. The van der Waals surface area contributed by atoms with Gasteiger partial charge in [0.15, 0.2) is 44.5 Å². The topological polar surface area (TPSA) is 117 Å². The molecule has 0 spiro atoms. The third kappa shape index (κ3) is 5.51. The van der Waals surface area contributed by atoms with E-state index >= 15 is 8.78 Å². The van der Waals surface area contributed by atoms with Crippen LogP contribution in [0.15, 0.2) is 54.1 Å². The second kappa shape index (κ2) is 14.0. The largest absolute Gasteiger partial charge is 0.502 e. The fourth-order valence-corrected chi connectivity index (χ4v) is 10.5. The minimum Gasteiger partial charge on any atom is -0.502 e. The number of anilines is 1. The van der Waals surface area contributed by atoms with Gasteiger partial charge >= 0.3 is 0 Å². The van der Waals surface area contributed by atoms with Crippen molar-refractivity contribution in [2.75, 3.05) is 32.2 Å². The van der Waals surface area contributed by atoms with Gasteiger partial charge in [-0.3, -0.25) is 29.0 Å². The number of piperidine rings is 1. The van der Waals surface area contributed by atoms with Crippen LogP contribution < -0.4 is 14.4 Å². The first kappa shape index (κ1) is 39.1.